The van der Waals surface area contributed by atoms with Crippen LogP contribution in [0, 0.1) is 6.92 Å². The molecule has 2 atom stereocenters. The van der Waals surface area contributed by atoms with E-state index in [0.29, 0.717) is 35.4 Å². The standard InChI is InChI=1S/C31H35ClN4O6/c1-20-6-7-23-17-27(20)41-15-13-33-28(38)19-36(14-12-34-31(40)29(21(2)37)35-30(23)39)18-22-4-3-5-26(16-22)42-25-10-8-24(32)9-11-25/h3-11,16-17,21,29,37H,12-15,18-19H2,1-2H3,(H,33,38)(H,34,40)(H,35,39)/t21-,29+/m1/s1. The van der Waals surface area contributed by atoms with Crippen LogP contribution in [0.4, 0.5) is 0 Å². The molecule has 1 heterocycles. The molecule has 4 N–H and O–H groups in total. The van der Waals surface area contributed by atoms with Crippen molar-refractivity contribution in [3.05, 3.63) is 88.4 Å². The summed E-state index contributed by atoms with van der Waals surface area (Å²) in [6.45, 7) is 4.75. The van der Waals surface area contributed by atoms with Crippen LogP contribution in [0.1, 0.15) is 28.4 Å². The molecule has 10 nitrogen and oxygen atoms in total. The topological polar surface area (TPSA) is 129 Å². The van der Waals surface area contributed by atoms with Crippen molar-refractivity contribution in [3.8, 4) is 17.2 Å². The van der Waals surface area contributed by atoms with Gasteiger partial charge in [0.05, 0.1) is 19.2 Å². The number of carbonyl (C=O) groups excluding carboxylic acids is 3. The SMILES string of the molecule is Cc1ccc2cc1OCCNC(=O)CN(Cc1cccc(Oc3ccc(Cl)cc3)c1)CCNC(=O)[C@H]([C@@H](C)O)NC2=O. The molecule has 0 fully saturated rings. The largest absolute Gasteiger partial charge is 0.491 e. The van der Waals surface area contributed by atoms with Crippen LogP contribution in [-0.2, 0) is 16.1 Å². The van der Waals surface area contributed by atoms with Gasteiger partial charge < -0.3 is 30.5 Å². The second-order valence-corrected chi connectivity index (χ2v) is 10.5. The molecule has 222 valence electrons. The maximum absolute atomic E-state index is 13.0. The zero-order chi connectivity index (χ0) is 30.1. The number of carbonyl (C=O) groups is 3. The molecule has 3 amide bonds. The molecule has 0 aliphatic carbocycles. The maximum atomic E-state index is 13.0. The summed E-state index contributed by atoms with van der Waals surface area (Å²) < 4.78 is 11.8. The van der Waals surface area contributed by atoms with Gasteiger partial charge in [-0.15, -0.1) is 0 Å². The number of aryl methyl sites for hydroxylation is 1. The molecule has 0 aromatic heterocycles. The number of hydrogen-bond acceptors (Lipinski definition) is 7. The van der Waals surface area contributed by atoms with Crippen LogP contribution in [0.2, 0.25) is 5.02 Å². The lowest BCUT2D eigenvalue weighted by molar-refractivity contribution is -0.125. The average Bonchev–Trinajstić information content (AvgIpc) is 2.95. The molecule has 0 spiro atoms. The highest BCUT2D eigenvalue weighted by Gasteiger charge is 2.26. The van der Waals surface area contributed by atoms with E-state index in [2.05, 4.69) is 16.0 Å². The number of amides is 3. The van der Waals surface area contributed by atoms with Gasteiger partial charge in [0.15, 0.2) is 0 Å². The third-order valence-corrected chi connectivity index (χ3v) is 6.88. The van der Waals surface area contributed by atoms with Crippen molar-refractivity contribution < 1.29 is 29.0 Å². The fourth-order valence-corrected chi connectivity index (χ4v) is 4.53. The van der Waals surface area contributed by atoms with Crippen molar-refractivity contribution in [2.45, 2.75) is 32.5 Å². The number of nitrogens with zero attached hydrogens (tertiary/aromatic N) is 1. The fraction of sp³-hybridized carbons (Fsp3) is 0.323. The fourth-order valence-electron chi connectivity index (χ4n) is 4.40. The highest BCUT2D eigenvalue weighted by molar-refractivity contribution is 6.30. The van der Waals surface area contributed by atoms with Gasteiger partial charge in [0, 0.05) is 30.2 Å². The van der Waals surface area contributed by atoms with E-state index < -0.39 is 24.0 Å². The van der Waals surface area contributed by atoms with E-state index >= 15 is 0 Å². The van der Waals surface area contributed by atoms with Gasteiger partial charge in [0.25, 0.3) is 5.91 Å². The van der Waals surface area contributed by atoms with Crippen LogP contribution >= 0.6 is 11.6 Å². The summed E-state index contributed by atoms with van der Waals surface area (Å²) in [6, 6.07) is 18.3. The Bertz CT molecular complexity index is 1400. The third-order valence-electron chi connectivity index (χ3n) is 6.63. The van der Waals surface area contributed by atoms with E-state index in [4.69, 9.17) is 21.1 Å². The van der Waals surface area contributed by atoms with Crippen molar-refractivity contribution >= 4 is 29.3 Å². The number of aliphatic hydroxyl groups is 1. The predicted molar refractivity (Wildman–Crippen MR) is 159 cm³/mol. The van der Waals surface area contributed by atoms with E-state index in [9.17, 15) is 19.5 Å². The Morgan fingerprint density at radius 3 is 2.57 bits per heavy atom. The number of hydrogen-bond donors (Lipinski definition) is 4. The van der Waals surface area contributed by atoms with Gasteiger partial charge in [0.2, 0.25) is 11.8 Å². The van der Waals surface area contributed by atoms with E-state index in [1.54, 1.807) is 42.5 Å². The number of fused-ring (bicyclic) bond motifs is 2. The number of ether oxygens (including phenoxy) is 2. The molecule has 42 heavy (non-hydrogen) atoms. The summed E-state index contributed by atoms with van der Waals surface area (Å²) in [5, 5.41) is 19.1. The Labute approximate surface area is 250 Å². The second kappa shape index (κ2) is 14.7. The Kier molecular flexibility index (Phi) is 10.8. The number of benzene rings is 3. The lowest BCUT2D eigenvalue weighted by atomic mass is 10.1. The Morgan fingerprint density at radius 2 is 1.81 bits per heavy atom. The molecule has 0 saturated carbocycles. The number of nitrogens with one attached hydrogen (secondary N) is 3. The van der Waals surface area contributed by atoms with E-state index in [-0.39, 0.29) is 37.7 Å². The first kappa shape index (κ1) is 30.8. The van der Waals surface area contributed by atoms with Gasteiger partial charge in [0.1, 0.15) is 29.9 Å². The Morgan fingerprint density at radius 1 is 1.02 bits per heavy atom. The van der Waals surface area contributed by atoms with Gasteiger partial charge in [-0.2, -0.15) is 0 Å². The minimum Gasteiger partial charge on any atom is -0.491 e. The van der Waals surface area contributed by atoms with Crippen LogP contribution < -0.4 is 25.4 Å². The lowest BCUT2D eigenvalue weighted by Gasteiger charge is -2.24. The smallest absolute Gasteiger partial charge is 0.252 e. The van der Waals surface area contributed by atoms with Crippen LogP contribution in [-0.4, -0.2) is 72.7 Å². The quantitative estimate of drug-likeness (QED) is 0.357. The number of halogens is 1. The first-order chi connectivity index (χ1) is 20.2. The minimum atomic E-state index is -1.17. The molecule has 1 aliphatic rings. The maximum Gasteiger partial charge on any atom is 0.252 e. The van der Waals surface area contributed by atoms with Gasteiger partial charge in [-0.1, -0.05) is 29.8 Å². The number of rotatable bonds is 5. The van der Waals surface area contributed by atoms with Crippen molar-refractivity contribution in [3.63, 3.8) is 0 Å². The molecular weight excluding hydrogens is 560 g/mol. The summed E-state index contributed by atoms with van der Waals surface area (Å²) >= 11 is 5.97. The monoisotopic (exact) mass is 594 g/mol. The summed E-state index contributed by atoms with van der Waals surface area (Å²) in [5.74, 6) is 0.510. The zero-order valence-corrected chi connectivity index (χ0v) is 24.3. The molecule has 0 unspecified atom stereocenters. The minimum absolute atomic E-state index is 0.0726. The molecule has 0 saturated heterocycles. The van der Waals surface area contributed by atoms with Crippen molar-refractivity contribution in [2.75, 3.05) is 32.8 Å². The molecule has 3 aromatic carbocycles. The molecular formula is C31H35ClN4O6. The highest BCUT2D eigenvalue weighted by atomic mass is 35.5. The van der Waals surface area contributed by atoms with Crippen LogP contribution in [0.25, 0.3) is 0 Å². The summed E-state index contributed by atoms with van der Waals surface area (Å²) in [6.07, 6.45) is -1.14. The molecule has 1 aliphatic heterocycles. The zero-order valence-electron chi connectivity index (χ0n) is 23.6. The average molecular weight is 595 g/mol. The Balaban J connectivity index is 1.48. The first-order valence-electron chi connectivity index (χ1n) is 13.7. The van der Waals surface area contributed by atoms with Crippen LogP contribution in [0.15, 0.2) is 66.7 Å². The first-order valence-corrected chi connectivity index (χ1v) is 14.1. The van der Waals surface area contributed by atoms with Crippen LogP contribution in [0.5, 0.6) is 17.2 Å². The summed E-state index contributed by atoms with van der Waals surface area (Å²) in [4.78, 5) is 40.6. The highest BCUT2D eigenvalue weighted by Crippen LogP contribution is 2.24. The van der Waals surface area contributed by atoms with Gasteiger partial charge in [-0.05, 0) is 73.5 Å². The van der Waals surface area contributed by atoms with Gasteiger partial charge >= 0.3 is 0 Å². The lowest BCUT2D eigenvalue weighted by Crippen LogP contribution is -2.53. The van der Waals surface area contributed by atoms with E-state index in [1.165, 1.54) is 6.92 Å². The molecule has 11 heteroatoms. The molecule has 0 radical (unpaired) electrons. The number of aliphatic hydroxyl groups excluding tert-OH is 1. The Hall–Kier alpha value is -4.12. The van der Waals surface area contributed by atoms with Gasteiger partial charge in [-0.3, -0.25) is 19.3 Å². The van der Waals surface area contributed by atoms with Crippen molar-refractivity contribution in [1.29, 1.82) is 0 Å². The molecule has 3 aromatic rings. The van der Waals surface area contributed by atoms with E-state index in [1.807, 2.05) is 36.1 Å². The predicted octanol–water partition coefficient (Wildman–Crippen LogP) is 3.05. The summed E-state index contributed by atoms with van der Waals surface area (Å²) in [5.41, 5.74) is 2.00. The van der Waals surface area contributed by atoms with Gasteiger partial charge in [-0.25, -0.2) is 0 Å². The van der Waals surface area contributed by atoms with Crippen LogP contribution in [0.3, 0.4) is 0 Å². The molecule has 2 bridgehead atoms. The third kappa shape index (κ3) is 8.94. The normalized spacial score (nSPS) is 18.1. The van der Waals surface area contributed by atoms with E-state index in [0.717, 1.165) is 11.1 Å². The molecule has 4 rings (SSSR count). The van der Waals surface area contributed by atoms with Crippen molar-refractivity contribution in [2.24, 2.45) is 0 Å². The van der Waals surface area contributed by atoms with Crippen molar-refractivity contribution in [1.82, 2.24) is 20.9 Å². The second-order valence-electron chi connectivity index (χ2n) is 10.1. The summed E-state index contributed by atoms with van der Waals surface area (Å²) in [7, 11) is 0.